The highest BCUT2D eigenvalue weighted by molar-refractivity contribution is 6.31. The molecule has 0 radical (unpaired) electrons. The molecular formula is C28H26ClN5O3. The molecule has 0 saturated heterocycles. The minimum Gasteiger partial charge on any atom is -0.496 e. The van der Waals surface area contributed by atoms with Crippen LogP contribution in [0, 0.1) is 0 Å². The second-order valence-electron chi connectivity index (χ2n) is 8.82. The minimum atomic E-state index is -0.558. The van der Waals surface area contributed by atoms with E-state index in [-0.39, 0.29) is 11.5 Å². The predicted molar refractivity (Wildman–Crippen MR) is 142 cm³/mol. The number of benzene rings is 2. The molecule has 1 amide bonds. The third-order valence-electron chi connectivity index (χ3n) is 6.37. The highest BCUT2D eigenvalue weighted by Gasteiger charge is 2.29. The molecule has 0 saturated carbocycles. The molecule has 0 spiro atoms. The zero-order valence-electron chi connectivity index (χ0n) is 20.3. The van der Waals surface area contributed by atoms with Crippen molar-refractivity contribution in [2.45, 2.75) is 19.1 Å². The molecule has 9 heteroatoms. The van der Waals surface area contributed by atoms with Crippen molar-refractivity contribution in [1.82, 2.24) is 24.8 Å². The van der Waals surface area contributed by atoms with Crippen LogP contribution in [-0.2, 0) is 13.1 Å². The van der Waals surface area contributed by atoms with Crippen LogP contribution in [0.3, 0.4) is 0 Å². The first-order valence-electron chi connectivity index (χ1n) is 11.9. The van der Waals surface area contributed by atoms with Crippen molar-refractivity contribution in [2.24, 2.45) is 0 Å². The lowest BCUT2D eigenvalue weighted by Crippen LogP contribution is -2.38. The van der Waals surface area contributed by atoms with Gasteiger partial charge in [-0.15, -0.1) is 0 Å². The van der Waals surface area contributed by atoms with Gasteiger partial charge in [-0.05, 0) is 35.9 Å². The number of rotatable bonds is 6. The van der Waals surface area contributed by atoms with Crippen LogP contribution >= 0.6 is 11.6 Å². The molecule has 1 N–H and O–H groups in total. The average molecular weight is 516 g/mol. The number of amides is 1. The summed E-state index contributed by atoms with van der Waals surface area (Å²) >= 11 is 6.18. The van der Waals surface area contributed by atoms with Gasteiger partial charge in [0, 0.05) is 55.2 Å². The first kappa shape index (κ1) is 24.7. The van der Waals surface area contributed by atoms with Gasteiger partial charge < -0.3 is 10.1 Å². The van der Waals surface area contributed by atoms with Crippen LogP contribution in [0.2, 0.25) is 5.02 Å². The van der Waals surface area contributed by atoms with E-state index < -0.39 is 6.04 Å². The predicted octanol–water partition coefficient (Wildman–Crippen LogP) is 3.95. The molecular weight excluding hydrogens is 490 g/mol. The molecule has 188 valence electrons. The van der Waals surface area contributed by atoms with Gasteiger partial charge >= 0.3 is 0 Å². The molecule has 2 aromatic heterocycles. The number of pyridine rings is 1. The fourth-order valence-corrected chi connectivity index (χ4v) is 4.72. The number of hydrogen-bond acceptors (Lipinski definition) is 6. The standard InChI is InChI=1S/C28H26ClN5O3/c1-37-25-8-7-21(29)15-22(25)28(36)32-24-18-33(17-19-5-3-2-4-6-19)13-14-34-26(35)16-23(31-27(24)34)20-9-11-30-12-10-20/h2-12,15-16,24H,13-14,17-18H2,1H3,(H,32,36). The number of fused-ring (bicyclic) bond motifs is 1. The smallest absolute Gasteiger partial charge is 0.255 e. The van der Waals surface area contributed by atoms with Crippen molar-refractivity contribution in [1.29, 1.82) is 0 Å². The Kier molecular flexibility index (Phi) is 7.30. The number of aromatic nitrogens is 3. The van der Waals surface area contributed by atoms with E-state index in [1.165, 1.54) is 13.2 Å². The number of nitrogens with zero attached hydrogens (tertiary/aromatic N) is 4. The number of halogens is 1. The first-order valence-corrected chi connectivity index (χ1v) is 12.3. The maximum atomic E-state index is 13.5. The van der Waals surface area contributed by atoms with E-state index in [4.69, 9.17) is 21.3 Å². The Morgan fingerprint density at radius 2 is 1.86 bits per heavy atom. The first-order chi connectivity index (χ1) is 18.0. The summed E-state index contributed by atoms with van der Waals surface area (Å²) in [4.78, 5) is 37.9. The summed E-state index contributed by atoms with van der Waals surface area (Å²) in [5.41, 5.74) is 2.61. The van der Waals surface area contributed by atoms with Crippen molar-refractivity contribution in [3.63, 3.8) is 0 Å². The number of hydrogen-bond donors (Lipinski definition) is 1. The van der Waals surface area contributed by atoms with Gasteiger partial charge in [0.25, 0.3) is 11.5 Å². The van der Waals surface area contributed by atoms with Crippen LogP contribution in [0.5, 0.6) is 5.75 Å². The van der Waals surface area contributed by atoms with Crippen LogP contribution in [0.15, 0.2) is 83.9 Å². The molecule has 1 aliphatic heterocycles. The second-order valence-corrected chi connectivity index (χ2v) is 9.25. The fraction of sp³-hybridized carbons (Fsp3) is 0.214. The van der Waals surface area contributed by atoms with E-state index in [1.54, 1.807) is 35.2 Å². The molecule has 1 aliphatic rings. The molecule has 4 aromatic rings. The number of ether oxygens (including phenoxy) is 1. The Morgan fingerprint density at radius 1 is 1.08 bits per heavy atom. The Hall–Kier alpha value is -4.01. The maximum Gasteiger partial charge on any atom is 0.255 e. The van der Waals surface area contributed by atoms with E-state index in [0.717, 1.165) is 11.1 Å². The monoisotopic (exact) mass is 515 g/mol. The number of methoxy groups -OCH3 is 1. The minimum absolute atomic E-state index is 0.169. The number of nitrogens with one attached hydrogen (secondary N) is 1. The zero-order chi connectivity index (χ0) is 25.8. The van der Waals surface area contributed by atoms with Gasteiger partial charge in [0.15, 0.2) is 0 Å². The lowest BCUT2D eigenvalue weighted by atomic mass is 10.1. The highest BCUT2D eigenvalue weighted by atomic mass is 35.5. The van der Waals surface area contributed by atoms with Crippen LogP contribution < -0.4 is 15.6 Å². The average Bonchev–Trinajstić information content (AvgIpc) is 3.09. The van der Waals surface area contributed by atoms with Crippen molar-refractivity contribution in [3.8, 4) is 17.0 Å². The molecule has 8 nitrogen and oxygen atoms in total. The summed E-state index contributed by atoms with van der Waals surface area (Å²) in [6.45, 7) is 2.23. The fourth-order valence-electron chi connectivity index (χ4n) is 4.55. The molecule has 0 fully saturated rings. The Balaban J connectivity index is 1.54. The molecule has 1 unspecified atom stereocenters. The number of carbonyl (C=O) groups excluding carboxylic acids is 1. The van der Waals surface area contributed by atoms with Crippen LogP contribution in [0.25, 0.3) is 11.3 Å². The van der Waals surface area contributed by atoms with E-state index in [2.05, 4.69) is 27.3 Å². The topological polar surface area (TPSA) is 89.3 Å². The third-order valence-corrected chi connectivity index (χ3v) is 6.60. The Morgan fingerprint density at radius 3 is 2.62 bits per heavy atom. The molecule has 0 bridgehead atoms. The van der Waals surface area contributed by atoms with E-state index in [1.807, 2.05) is 30.3 Å². The summed E-state index contributed by atoms with van der Waals surface area (Å²) in [5, 5.41) is 3.52. The maximum absolute atomic E-state index is 13.5. The van der Waals surface area contributed by atoms with E-state index >= 15 is 0 Å². The lowest BCUT2D eigenvalue weighted by molar-refractivity contribution is 0.0920. The highest BCUT2D eigenvalue weighted by Crippen LogP contribution is 2.25. The Labute approximate surface area is 219 Å². The number of carbonyl (C=O) groups is 1. The van der Waals surface area contributed by atoms with E-state index in [0.29, 0.717) is 54.0 Å². The van der Waals surface area contributed by atoms with Crippen molar-refractivity contribution in [3.05, 3.63) is 111 Å². The van der Waals surface area contributed by atoms with Gasteiger partial charge in [-0.2, -0.15) is 0 Å². The molecule has 5 rings (SSSR count). The Bertz CT molecular complexity index is 1460. The van der Waals surface area contributed by atoms with Crippen LogP contribution in [0.1, 0.15) is 27.8 Å². The largest absolute Gasteiger partial charge is 0.496 e. The zero-order valence-corrected chi connectivity index (χ0v) is 21.1. The summed E-state index contributed by atoms with van der Waals surface area (Å²) in [5.74, 6) is 0.554. The molecule has 3 heterocycles. The molecule has 37 heavy (non-hydrogen) atoms. The van der Waals surface area contributed by atoms with Gasteiger partial charge in [-0.1, -0.05) is 41.9 Å². The lowest BCUT2D eigenvalue weighted by Gasteiger charge is -2.25. The van der Waals surface area contributed by atoms with Gasteiger partial charge in [0.2, 0.25) is 0 Å². The summed E-state index contributed by atoms with van der Waals surface area (Å²) in [6.07, 6.45) is 3.32. The van der Waals surface area contributed by atoms with Gasteiger partial charge in [0.1, 0.15) is 17.6 Å². The molecule has 2 aromatic carbocycles. The van der Waals surface area contributed by atoms with Crippen molar-refractivity contribution in [2.75, 3.05) is 20.2 Å². The van der Waals surface area contributed by atoms with Crippen LogP contribution in [-0.4, -0.2) is 45.5 Å². The van der Waals surface area contributed by atoms with Crippen LogP contribution in [0.4, 0.5) is 0 Å². The van der Waals surface area contributed by atoms with Gasteiger partial charge in [-0.3, -0.25) is 24.0 Å². The third kappa shape index (κ3) is 5.55. The summed E-state index contributed by atoms with van der Waals surface area (Å²) in [7, 11) is 1.50. The van der Waals surface area contributed by atoms with Gasteiger partial charge in [0.05, 0.1) is 18.4 Å². The SMILES string of the molecule is COc1ccc(Cl)cc1C(=O)NC1CN(Cc2ccccc2)CCn2c1nc(-c1ccncc1)cc2=O. The van der Waals surface area contributed by atoms with Crippen molar-refractivity contribution >= 4 is 17.5 Å². The van der Waals surface area contributed by atoms with Crippen molar-refractivity contribution < 1.29 is 9.53 Å². The summed E-state index contributed by atoms with van der Waals surface area (Å²) < 4.78 is 7.04. The molecule has 1 atom stereocenters. The van der Waals surface area contributed by atoms with Gasteiger partial charge in [-0.25, -0.2) is 4.98 Å². The second kappa shape index (κ2) is 10.9. The molecule has 0 aliphatic carbocycles. The normalized spacial score (nSPS) is 15.5. The quantitative estimate of drug-likeness (QED) is 0.418. The van der Waals surface area contributed by atoms with E-state index in [9.17, 15) is 9.59 Å². The summed E-state index contributed by atoms with van der Waals surface area (Å²) in [6, 6.07) is 19.6.